The molecule has 1 N–H and O–H groups in total. The van der Waals surface area contributed by atoms with Gasteiger partial charge in [-0.15, -0.1) is 0 Å². The van der Waals surface area contributed by atoms with Gasteiger partial charge in [-0.25, -0.2) is 4.68 Å². The number of carbonyl (C=O) groups is 1. The molecule has 1 atom stereocenters. The highest BCUT2D eigenvalue weighted by molar-refractivity contribution is 7.07. The van der Waals surface area contributed by atoms with E-state index < -0.39 is 0 Å². The van der Waals surface area contributed by atoms with Crippen LogP contribution in [0.2, 0.25) is 0 Å². The van der Waals surface area contributed by atoms with Crippen molar-refractivity contribution in [1.29, 1.82) is 0 Å². The molecule has 0 aliphatic heterocycles. The van der Waals surface area contributed by atoms with Crippen molar-refractivity contribution < 1.29 is 4.79 Å². The molecule has 0 aromatic carbocycles. The molecule has 0 saturated heterocycles. The lowest BCUT2D eigenvalue weighted by atomic mass is 10.0. The molecule has 0 saturated carbocycles. The molecule has 0 radical (unpaired) electrons. The van der Waals surface area contributed by atoms with Gasteiger partial charge in [0.05, 0.1) is 11.7 Å². The Morgan fingerprint density at radius 3 is 2.92 bits per heavy atom. The Balaban J connectivity index is 1.76. The van der Waals surface area contributed by atoms with Crippen molar-refractivity contribution in [2.45, 2.75) is 25.9 Å². The fourth-order valence-electron chi connectivity index (χ4n) is 2.52. The van der Waals surface area contributed by atoms with Crippen molar-refractivity contribution >= 4 is 17.2 Å². The van der Waals surface area contributed by atoms with Crippen LogP contribution in [0.3, 0.4) is 0 Å². The summed E-state index contributed by atoms with van der Waals surface area (Å²) in [4.78, 5) is 28.4. The van der Waals surface area contributed by atoms with Crippen LogP contribution in [0, 0.1) is 6.92 Å². The number of rotatable bonds is 6. The second-order valence-corrected chi connectivity index (χ2v) is 6.49. The van der Waals surface area contributed by atoms with Crippen molar-refractivity contribution in [2.75, 3.05) is 0 Å². The molecule has 3 aromatic rings. The molecule has 25 heavy (non-hydrogen) atoms. The number of nitrogens with one attached hydrogen (secondary N) is 1. The number of pyridine rings is 1. The van der Waals surface area contributed by atoms with E-state index in [0.717, 1.165) is 11.1 Å². The standard InChI is InChI=1S/C18H18N4O2S/c1-13-4-5-18(24)22(21-13)11-17(23)20-16(9-14-6-8-25-12-14)15-3-2-7-19-10-15/h2-8,10,12,16H,9,11H2,1H3,(H,20,23)/t16-/m1/s1. The van der Waals surface area contributed by atoms with Gasteiger partial charge in [0, 0.05) is 18.5 Å². The molecule has 0 fully saturated rings. The van der Waals surface area contributed by atoms with Gasteiger partial charge in [-0.1, -0.05) is 6.07 Å². The molecule has 3 aromatic heterocycles. The summed E-state index contributed by atoms with van der Waals surface area (Å²) in [6.07, 6.45) is 4.11. The Hall–Kier alpha value is -2.80. The van der Waals surface area contributed by atoms with Crippen molar-refractivity contribution in [3.05, 3.63) is 80.7 Å². The van der Waals surface area contributed by atoms with Crippen molar-refractivity contribution in [2.24, 2.45) is 0 Å². The van der Waals surface area contributed by atoms with Gasteiger partial charge in [0.1, 0.15) is 6.54 Å². The number of amides is 1. The molecule has 3 rings (SSSR count). The van der Waals surface area contributed by atoms with Gasteiger partial charge in [-0.3, -0.25) is 14.6 Å². The normalized spacial score (nSPS) is 11.9. The molecule has 3 heterocycles. The van der Waals surface area contributed by atoms with E-state index >= 15 is 0 Å². The molecule has 0 aliphatic rings. The van der Waals surface area contributed by atoms with E-state index in [9.17, 15) is 9.59 Å². The summed E-state index contributed by atoms with van der Waals surface area (Å²) in [5, 5.41) is 11.2. The van der Waals surface area contributed by atoms with Gasteiger partial charge in [0.2, 0.25) is 5.91 Å². The highest BCUT2D eigenvalue weighted by atomic mass is 32.1. The third-order valence-electron chi connectivity index (χ3n) is 3.74. The predicted molar refractivity (Wildman–Crippen MR) is 96.4 cm³/mol. The third kappa shape index (κ3) is 4.60. The largest absolute Gasteiger partial charge is 0.347 e. The summed E-state index contributed by atoms with van der Waals surface area (Å²) in [6, 6.07) is 8.64. The average Bonchev–Trinajstić information content (AvgIpc) is 3.11. The second kappa shape index (κ2) is 7.85. The number of hydrogen-bond donors (Lipinski definition) is 1. The summed E-state index contributed by atoms with van der Waals surface area (Å²) in [5.41, 5.74) is 2.46. The van der Waals surface area contributed by atoms with Crippen LogP contribution in [0.15, 0.2) is 58.3 Å². The van der Waals surface area contributed by atoms with E-state index in [2.05, 4.69) is 20.8 Å². The van der Waals surface area contributed by atoms with Crippen LogP contribution in [0.1, 0.15) is 22.9 Å². The fourth-order valence-corrected chi connectivity index (χ4v) is 3.20. The molecular formula is C18H18N4O2S. The number of aryl methyl sites for hydroxylation is 1. The smallest absolute Gasteiger partial charge is 0.267 e. The zero-order chi connectivity index (χ0) is 17.6. The lowest BCUT2D eigenvalue weighted by molar-refractivity contribution is -0.122. The minimum atomic E-state index is -0.295. The zero-order valence-corrected chi connectivity index (χ0v) is 14.6. The maximum absolute atomic E-state index is 12.5. The molecule has 0 aliphatic carbocycles. The number of hydrogen-bond acceptors (Lipinski definition) is 5. The Kier molecular flexibility index (Phi) is 5.35. The van der Waals surface area contributed by atoms with E-state index in [1.54, 1.807) is 36.7 Å². The number of thiophene rings is 1. The van der Waals surface area contributed by atoms with Crippen molar-refractivity contribution in [1.82, 2.24) is 20.1 Å². The highest BCUT2D eigenvalue weighted by Gasteiger charge is 2.17. The van der Waals surface area contributed by atoms with Crippen LogP contribution < -0.4 is 10.9 Å². The topological polar surface area (TPSA) is 76.9 Å². The van der Waals surface area contributed by atoms with Gasteiger partial charge in [-0.05, 0) is 53.4 Å². The lowest BCUT2D eigenvalue weighted by Gasteiger charge is -2.19. The van der Waals surface area contributed by atoms with Crippen LogP contribution in [0.5, 0.6) is 0 Å². The van der Waals surface area contributed by atoms with Crippen LogP contribution in [-0.2, 0) is 17.8 Å². The first-order valence-electron chi connectivity index (χ1n) is 7.87. The zero-order valence-electron chi connectivity index (χ0n) is 13.8. The summed E-state index contributed by atoms with van der Waals surface area (Å²) >= 11 is 1.62. The van der Waals surface area contributed by atoms with Gasteiger partial charge in [0.15, 0.2) is 0 Å². The monoisotopic (exact) mass is 354 g/mol. The van der Waals surface area contributed by atoms with Gasteiger partial charge < -0.3 is 5.32 Å². The molecule has 0 bridgehead atoms. The van der Waals surface area contributed by atoms with Crippen molar-refractivity contribution in [3.63, 3.8) is 0 Å². The highest BCUT2D eigenvalue weighted by Crippen LogP contribution is 2.19. The van der Waals surface area contributed by atoms with Gasteiger partial charge in [-0.2, -0.15) is 16.4 Å². The Bertz CT molecular complexity index is 891. The number of carbonyl (C=O) groups excluding carboxylic acids is 1. The quantitative estimate of drug-likeness (QED) is 0.735. The van der Waals surface area contributed by atoms with E-state index in [4.69, 9.17) is 0 Å². The molecule has 0 spiro atoms. The van der Waals surface area contributed by atoms with Crippen LogP contribution in [-0.4, -0.2) is 20.7 Å². The first-order chi connectivity index (χ1) is 12.1. The minimum Gasteiger partial charge on any atom is -0.347 e. The van der Waals surface area contributed by atoms with E-state index in [-0.39, 0.29) is 24.1 Å². The fraction of sp³-hybridized carbons (Fsp3) is 0.222. The van der Waals surface area contributed by atoms with E-state index in [1.807, 2.05) is 23.6 Å². The van der Waals surface area contributed by atoms with Crippen molar-refractivity contribution in [3.8, 4) is 0 Å². The molecule has 1 amide bonds. The van der Waals surface area contributed by atoms with Gasteiger partial charge in [0.25, 0.3) is 5.56 Å². The minimum absolute atomic E-state index is 0.110. The average molecular weight is 354 g/mol. The number of aromatic nitrogens is 3. The number of nitrogens with zero attached hydrogens (tertiary/aromatic N) is 3. The lowest BCUT2D eigenvalue weighted by Crippen LogP contribution is -2.36. The third-order valence-corrected chi connectivity index (χ3v) is 4.47. The van der Waals surface area contributed by atoms with Crippen LogP contribution in [0.4, 0.5) is 0 Å². The molecule has 7 heteroatoms. The van der Waals surface area contributed by atoms with Gasteiger partial charge >= 0.3 is 0 Å². The molecule has 128 valence electrons. The first kappa shape index (κ1) is 17.0. The first-order valence-corrected chi connectivity index (χ1v) is 8.81. The maximum atomic E-state index is 12.5. The van der Waals surface area contributed by atoms with Crippen LogP contribution in [0.25, 0.3) is 0 Å². The maximum Gasteiger partial charge on any atom is 0.267 e. The summed E-state index contributed by atoms with van der Waals surface area (Å²) in [6.45, 7) is 1.67. The Labute approximate surface area is 149 Å². The Morgan fingerprint density at radius 2 is 2.20 bits per heavy atom. The van der Waals surface area contributed by atoms with E-state index in [1.165, 1.54) is 10.7 Å². The molecule has 0 unspecified atom stereocenters. The Morgan fingerprint density at radius 1 is 1.32 bits per heavy atom. The SMILES string of the molecule is Cc1ccc(=O)n(CC(=O)N[C@H](Cc2ccsc2)c2cccnc2)n1. The second-order valence-electron chi connectivity index (χ2n) is 5.71. The summed E-state index contributed by atoms with van der Waals surface area (Å²) in [7, 11) is 0. The summed E-state index contributed by atoms with van der Waals surface area (Å²) < 4.78 is 1.18. The summed E-state index contributed by atoms with van der Waals surface area (Å²) in [5.74, 6) is -0.260. The molecular weight excluding hydrogens is 336 g/mol. The van der Waals surface area contributed by atoms with E-state index in [0.29, 0.717) is 12.1 Å². The predicted octanol–water partition coefficient (Wildman–Crippen LogP) is 2.11. The molecule has 6 nitrogen and oxygen atoms in total. The van der Waals surface area contributed by atoms with Crippen LogP contribution >= 0.6 is 11.3 Å².